The summed E-state index contributed by atoms with van der Waals surface area (Å²) >= 11 is 0. The highest BCUT2D eigenvalue weighted by molar-refractivity contribution is 5.98. The minimum Gasteiger partial charge on any atom is -0.504 e. The Hall–Kier alpha value is -2.73. The molecule has 5 N–H and O–H groups in total. The number of phenolic OH excluding ortho intramolecular Hbond substituents is 3. The van der Waals surface area contributed by atoms with E-state index in [9.17, 15) is 20.1 Å². The number of allylic oxidation sites excluding steroid dienone is 3. The molecule has 0 spiro atoms. The lowest BCUT2D eigenvalue weighted by Crippen LogP contribution is -2.38. The van der Waals surface area contributed by atoms with Gasteiger partial charge in [-0.05, 0) is 36.5 Å². The third-order valence-electron chi connectivity index (χ3n) is 4.28. The number of phenols is 3. The zero-order valence-corrected chi connectivity index (χ0v) is 14.1. The van der Waals surface area contributed by atoms with Crippen LogP contribution in [0, 0.1) is 5.92 Å². The zero-order valence-electron chi connectivity index (χ0n) is 14.1. The number of hydrogen-bond donors (Lipinski definition) is 4. The van der Waals surface area contributed by atoms with Gasteiger partial charge in [0.1, 0.15) is 0 Å². The Morgan fingerprint density at radius 3 is 2.52 bits per heavy atom. The summed E-state index contributed by atoms with van der Waals surface area (Å²) in [6.07, 6.45) is 9.48. The van der Waals surface area contributed by atoms with Gasteiger partial charge < -0.3 is 26.0 Å². The first-order valence-electron chi connectivity index (χ1n) is 8.20. The molecule has 1 fully saturated rings. The van der Waals surface area contributed by atoms with E-state index in [-0.39, 0.29) is 11.5 Å². The molecular weight excluding hydrogens is 320 g/mol. The van der Waals surface area contributed by atoms with Gasteiger partial charge in [0.2, 0.25) is 5.75 Å². The Kier molecular flexibility index (Phi) is 6.25. The van der Waals surface area contributed by atoms with Crippen molar-refractivity contribution < 1.29 is 20.1 Å². The molecule has 2 rings (SSSR count). The monoisotopic (exact) mass is 344 g/mol. The van der Waals surface area contributed by atoms with E-state index >= 15 is 0 Å². The zero-order chi connectivity index (χ0) is 18.4. The molecule has 6 nitrogen and oxygen atoms in total. The molecule has 1 aromatic carbocycles. The van der Waals surface area contributed by atoms with Crippen molar-refractivity contribution in [2.24, 2.45) is 11.7 Å². The summed E-state index contributed by atoms with van der Waals surface area (Å²) in [6, 6.07) is 2.51. The van der Waals surface area contributed by atoms with E-state index in [0.29, 0.717) is 25.6 Å². The lowest BCUT2D eigenvalue weighted by molar-refractivity contribution is 0.0701. The minimum absolute atomic E-state index is 0.00692. The molecule has 0 atom stereocenters. The SMILES string of the molecule is C=C(/C=C\C=C\C1CCN(C(=O)c2ccc(O)c(O)c2O)CC1)CN. The van der Waals surface area contributed by atoms with Crippen molar-refractivity contribution >= 4 is 5.91 Å². The summed E-state index contributed by atoms with van der Waals surface area (Å²) < 4.78 is 0. The van der Waals surface area contributed by atoms with Gasteiger partial charge in [0.05, 0.1) is 5.56 Å². The van der Waals surface area contributed by atoms with Crippen LogP contribution in [0.4, 0.5) is 0 Å². The Labute approximate surface area is 147 Å². The van der Waals surface area contributed by atoms with Gasteiger partial charge in [0, 0.05) is 19.6 Å². The number of rotatable bonds is 5. The van der Waals surface area contributed by atoms with E-state index in [2.05, 4.69) is 12.7 Å². The number of nitrogens with zero attached hydrogens (tertiary/aromatic N) is 1. The molecule has 1 amide bonds. The first kappa shape index (κ1) is 18.6. The molecule has 0 saturated carbocycles. The summed E-state index contributed by atoms with van der Waals surface area (Å²) in [5.74, 6) is -1.69. The lowest BCUT2D eigenvalue weighted by atomic mass is 9.95. The quantitative estimate of drug-likeness (QED) is 0.484. The third kappa shape index (κ3) is 4.64. The number of hydrogen-bond acceptors (Lipinski definition) is 5. The van der Waals surface area contributed by atoms with Crippen molar-refractivity contribution in [2.45, 2.75) is 12.8 Å². The number of nitrogens with two attached hydrogens (primary N) is 1. The highest BCUT2D eigenvalue weighted by Gasteiger charge is 2.25. The standard InChI is InChI=1S/C19H24N2O4/c1-13(12-20)4-2-3-5-14-8-10-21(11-9-14)19(25)15-6-7-16(22)18(24)17(15)23/h2-7,14,22-24H,1,8-12,20H2/b4-2-,5-3+. The Morgan fingerprint density at radius 1 is 1.20 bits per heavy atom. The van der Waals surface area contributed by atoms with Gasteiger partial charge in [0.25, 0.3) is 5.91 Å². The Bertz CT molecular complexity index is 702. The Balaban J connectivity index is 1.93. The molecule has 0 bridgehead atoms. The fourth-order valence-corrected chi connectivity index (χ4v) is 2.69. The number of benzene rings is 1. The van der Waals surface area contributed by atoms with Gasteiger partial charge in [-0.2, -0.15) is 0 Å². The largest absolute Gasteiger partial charge is 0.504 e. The fourth-order valence-electron chi connectivity index (χ4n) is 2.69. The fraction of sp³-hybridized carbons (Fsp3) is 0.316. The molecule has 0 aliphatic carbocycles. The van der Waals surface area contributed by atoms with Crippen LogP contribution in [0.3, 0.4) is 0 Å². The van der Waals surface area contributed by atoms with Gasteiger partial charge in [-0.15, -0.1) is 0 Å². The maximum Gasteiger partial charge on any atom is 0.257 e. The predicted molar refractivity (Wildman–Crippen MR) is 96.5 cm³/mol. The number of likely N-dealkylation sites (tertiary alicyclic amines) is 1. The van der Waals surface area contributed by atoms with Gasteiger partial charge in [0.15, 0.2) is 11.5 Å². The van der Waals surface area contributed by atoms with Gasteiger partial charge in [-0.3, -0.25) is 4.79 Å². The molecule has 0 radical (unpaired) electrons. The summed E-state index contributed by atoms with van der Waals surface area (Å²) in [7, 11) is 0. The highest BCUT2D eigenvalue weighted by atomic mass is 16.3. The highest BCUT2D eigenvalue weighted by Crippen LogP contribution is 2.37. The maximum absolute atomic E-state index is 12.5. The molecule has 0 aromatic heterocycles. The first-order chi connectivity index (χ1) is 11.9. The summed E-state index contributed by atoms with van der Waals surface area (Å²) in [4.78, 5) is 14.1. The smallest absolute Gasteiger partial charge is 0.257 e. The number of amides is 1. The topological polar surface area (TPSA) is 107 Å². The average molecular weight is 344 g/mol. The normalized spacial score (nSPS) is 16.0. The van der Waals surface area contributed by atoms with Crippen molar-refractivity contribution in [2.75, 3.05) is 19.6 Å². The molecule has 25 heavy (non-hydrogen) atoms. The first-order valence-corrected chi connectivity index (χ1v) is 8.20. The van der Waals surface area contributed by atoms with Crippen LogP contribution in [0.2, 0.25) is 0 Å². The van der Waals surface area contributed by atoms with Crippen LogP contribution < -0.4 is 5.73 Å². The maximum atomic E-state index is 12.5. The molecule has 134 valence electrons. The van der Waals surface area contributed by atoms with Crippen molar-refractivity contribution in [3.8, 4) is 17.2 Å². The van der Waals surface area contributed by atoms with Crippen molar-refractivity contribution in [1.29, 1.82) is 0 Å². The second-order valence-electron chi connectivity index (χ2n) is 6.07. The number of aromatic hydroxyl groups is 3. The summed E-state index contributed by atoms with van der Waals surface area (Å²) in [5.41, 5.74) is 6.31. The lowest BCUT2D eigenvalue weighted by Gasteiger charge is -2.31. The third-order valence-corrected chi connectivity index (χ3v) is 4.28. The van der Waals surface area contributed by atoms with Crippen LogP contribution in [0.15, 0.2) is 48.6 Å². The molecular formula is C19H24N2O4. The van der Waals surface area contributed by atoms with E-state index < -0.39 is 17.2 Å². The molecule has 1 aliphatic heterocycles. The van der Waals surface area contributed by atoms with Crippen LogP contribution in [-0.2, 0) is 0 Å². The molecule has 1 heterocycles. The summed E-state index contributed by atoms with van der Waals surface area (Å²) in [5, 5.41) is 28.7. The average Bonchev–Trinajstić information content (AvgIpc) is 2.63. The molecule has 6 heteroatoms. The predicted octanol–water partition coefficient (Wildman–Crippen LogP) is 2.28. The molecule has 0 unspecified atom stereocenters. The van der Waals surface area contributed by atoms with Crippen LogP contribution in [0.5, 0.6) is 17.2 Å². The van der Waals surface area contributed by atoms with Crippen LogP contribution in [0.25, 0.3) is 0 Å². The van der Waals surface area contributed by atoms with Crippen LogP contribution in [0.1, 0.15) is 23.2 Å². The molecule has 1 saturated heterocycles. The number of carbonyl (C=O) groups is 1. The summed E-state index contributed by atoms with van der Waals surface area (Å²) in [6.45, 7) is 5.35. The molecule has 1 aromatic rings. The van der Waals surface area contributed by atoms with E-state index in [1.807, 2.05) is 18.2 Å². The van der Waals surface area contributed by atoms with Crippen LogP contribution in [-0.4, -0.2) is 45.8 Å². The van der Waals surface area contributed by atoms with Gasteiger partial charge in [-0.25, -0.2) is 0 Å². The van der Waals surface area contributed by atoms with Crippen molar-refractivity contribution in [3.05, 3.63) is 54.2 Å². The van der Waals surface area contributed by atoms with Crippen molar-refractivity contribution in [1.82, 2.24) is 4.90 Å². The van der Waals surface area contributed by atoms with E-state index in [1.165, 1.54) is 12.1 Å². The second-order valence-corrected chi connectivity index (χ2v) is 6.07. The number of carbonyl (C=O) groups excluding carboxylic acids is 1. The van der Waals surface area contributed by atoms with Gasteiger partial charge in [-0.1, -0.05) is 30.9 Å². The van der Waals surface area contributed by atoms with Gasteiger partial charge >= 0.3 is 0 Å². The van der Waals surface area contributed by atoms with E-state index in [4.69, 9.17) is 5.73 Å². The Morgan fingerprint density at radius 2 is 1.88 bits per heavy atom. The minimum atomic E-state index is -0.672. The van der Waals surface area contributed by atoms with Crippen LogP contribution >= 0.6 is 0 Å². The van der Waals surface area contributed by atoms with Crippen molar-refractivity contribution in [3.63, 3.8) is 0 Å². The second kappa shape index (κ2) is 8.39. The molecule has 1 aliphatic rings. The number of piperidine rings is 1. The van der Waals surface area contributed by atoms with E-state index in [1.54, 1.807) is 4.90 Å². The van der Waals surface area contributed by atoms with E-state index in [0.717, 1.165) is 18.4 Å².